The third kappa shape index (κ3) is 3.12. The number of phenolic OH excluding ortho intramolecular Hbond substituents is 1. The maximum atomic E-state index is 9.80. The second-order valence-electron chi connectivity index (χ2n) is 4.47. The van der Waals surface area contributed by atoms with Crippen molar-refractivity contribution < 1.29 is 9.84 Å². The van der Waals surface area contributed by atoms with Gasteiger partial charge in [0, 0.05) is 30.8 Å². The molecule has 1 heterocycles. The zero-order chi connectivity index (χ0) is 12.3. The van der Waals surface area contributed by atoms with E-state index in [1.165, 1.54) is 0 Å². The molecule has 0 spiro atoms. The molecule has 0 aliphatic carbocycles. The lowest BCUT2D eigenvalue weighted by Crippen LogP contribution is -2.38. The Kier molecular flexibility index (Phi) is 4.26. The number of aromatic hydroxyl groups is 1. The molecule has 1 aliphatic heterocycles. The number of benzene rings is 1. The van der Waals surface area contributed by atoms with Crippen molar-refractivity contribution in [3.63, 3.8) is 0 Å². The number of halogens is 1. The number of piperidine rings is 1. The normalized spacial score (nSPS) is 21.6. The number of phenols is 1. The van der Waals surface area contributed by atoms with Crippen LogP contribution < -0.4 is 0 Å². The monoisotopic (exact) mass is 255 g/mol. The Hall–Kier alpha value is -0.770. The van der Waals surface area contributed by atoms with E-state index in [2.05, 4.69) is 4.90 Å². The minimum absolute atomic E-state index is 0.275. The van der Waals surface area contributed by atoms with E-state index in [0.29, 0.717) is 17.7 Å². The van der Waals surface area contributed by atoms with Gasteiger partial charge in [0.25, 0.3) is 0 Å². The third-order valence-corrected chi connectivity index (χ3v) is 3.63. The molecule has 0 bridgehead atoms. The van der Waals surface area contributed by atoms with E-state index in [4.69, 9.17) is 16.3 Å². The van der Waals surface area contributed by atoms with E-state index >= 15 is 0 Å². The first kappa shape index (κ1) is 12.7. The van der Waals surface area contributed by atoms with Gasteiger partial charge in [0.2, 0.25) is 0 Å². The Morgan fingerprint density at radius 1 is 1.53 bits per heavy atom. The van der Waals surface area contributed by atoms with Gasteiger partial charge >= 0.3 is 0 Å². The molecule has 4 heteroatoms. The van der Waals surface area contributed by atoms with Crippen LogP contribution in [0.2, 0.25) is 5.02 Å². The fraction of sp³-hybridized carbons (Fsp3) is 0.538. The summed E-state index contributed by atoms with van der Waals surface area (Å²) in [6, 6.07) is 5.25. The molecule has 1 N–H and O–H groups in total. The molecular weight excluding hydrogens is 238 g/mol. The van der Waals surface area contributed by atoms with Crippen LogP contribution in [0, 0.1) is 0 Å². The SMILES string of the molecule is COC1CCCN(Cc2c(O)cccc2Cl)C1. The van der Waals surface area contributed by atoms with Crippen LogP contribution in [0.4, 0.5) is 0 Å². The Labute approximate surface area is 107 Å². The highest BCUT2D eigenvalue weighted by Gasteiger charge is 2.20. The molecule has 1 fully saturated rings. The minimum atomic E-state index is 0.275. The number of methoxy groups -OCH3 is 1. The van der Waals surface area contributed by atoms with E-state index in [0.717, 1.165) is 31.5 Å². The van der Waals surface area contributed by atoms with Crippen LogP contribution in [-0.2, 0) is 11.3 Å². The average molecular weight is 256 g/mol. The van der Waals surface area contributed by atoms with Gasteiger partial charge in [-0.15, -0.1) is 0 Å². The van der Waals surface area contributed by atoms with Crippen LogP contribution in [0.25, 0.3) is 0 Å². The molecule has 1 aliphatic rings. The van der Waals surface area contributed by atoms with Crippen LogP contribution in [0.1, 0.15) is 18.4 Å². The second kappa shape index (κ2) is 5.71. The molecule has 1 aromatic carbocycles. The van der Waals surface area contributed by atoms with Crippen molar-refractivity contribution in [2.24, 2.45) is 0 Å². The van der Waals surface area contributed by atoms with Crippen LogP contribution in [0.3, 0.4) is 0 Å². The molecule has 3 nitrogen and oxygen atoms in total. The van der Waals surface area contributed by atoms with E-state index in [1.54, 1.807) is 19.2 Å². The van der Waals surface area contributed by atoms with Gasteiger partial charge in [-0.25, -0.2) is 0 Å². The number of rotatable bonds is 3. The largest absolute Gasteiger partial charge is 0.508 e. The van der Waals surface area contributed by atoms with Crippen molar-refractivity contribution >= 4 is 11.6 Å². The van der Waals surface area contributed by atoms with E-state index < -0.39 is 0 Å². The topological polar surface area (TPSA) is 32.7 Å². The van der Waals surface area contributed by atoms with Gasteiger partial charge in [-0.2, -0.15) is 0 Å². The first-order chi connectivity index (χ1) is 8.20. The van der Waals surface area contributed by atoms with Gasteiger partial charge in [-0.1, -0.05) is 17.7 Å². The number of likely N-dealkylation sites (tertiary alicyclic amines) is 1. The zero-order valence-electron chi connectivity index (χ0n) is 10.0. The van der Waals surface area contributed by atoms with Crippen LogP contribution in [0.15, 0.2) is 18.2 Å². The Bertz CT molecular complexity index is 363. The summed E-state index contributed by atoms with van der Waals surface area (Å²) >= 11 is 6.10. The lowest BCUT2D eigenvalue weighted by molar-refractivity contribution is 0.0283. The molecular formula is C13H18ClNO2. The second-order valence-corrected chi connectivity index (χ2v) is 4.88. The molecule has 94 valence electrons. The molecule has 0 aromatic heterocycles. The number of hydrogen-bond donors (Lipinski definition) is 1. The number of nitrogens with zero attached hydrogens (tertiary/aromatic N) is 1. The predicted molar refractivity (Wildman–Crippen MR) is 68.4 cm³/mol. The molecule has 1 saturated heterocycles. The van der Waals surface area contributed by atoms with Crippen molar-refractivity contribution in [3.05, 3.63) is 28.8 Å². The van der Waals surface area contributed by atoms with Gasteiger partial charge in [-0.3, -0.25) is 4.90 Å². The summed E-state index contributed by atoms with van der Waals surface area (Å²) in [4.78, 5) is 2.28. The molecule has 1 unspecified atom stereocenters. The lowest BCUT2D eigenvalue weighted by atomic mass is 10.1. The van der Waals surface area contributed by atoms with Gasteiger partial charge in [0.15, 0.2) is 0 Å². The summed E-state index contributed by atoms with van der Waals surface area (Å²) in [5, 5.41) is 10.4. The molecule has 0 amide bonds. The molecule has 2 rings (SSSR count). The molecule has 0 saturated carbocycles. The van der Waals surface area contributed by atoms with Crippen LogP contribution in [-0.4, -0.2) is 36.3 Å². The van der Waals surface area contributed by atoms with Crippen LogP contribution >= 0.6 is 11.6 Å². The third-order valence-electron chi connectivity index (χ3n) is 3.27. The quantitative estimate of drug-likeness (QED) is 0.901. The molecule has 0 radical (unpaired) electrons. The van der Waals surface area contributed by atoms with Gasteiger partial charge in [0.05, 0.1) is 6.10 Å². The Balaban J connectivity index is 2.05. The standard InChI is InChI=1S/C13H18ClNO2/c1-17-10-4-3-7-15(8-10)9-11-12(14)5-2-6-13(11)16/h2,5-6,10,16H,3-4,7-9H2,1H3. The minimum Gasteiger partial charge on any atom is -0.508 e. The number of ether oxygens (including phenoxy) is 1. The molecule has 17 heavy (non-hydrogen) atoms. The Morgan fingerprint density at radius 2 is 2.35 bits per heavy atom. The summed E-state index contributed by atoms with van der Waals surface area (Å²) in [7, 11) is 1.75. The van der Waals surface area contributed by atoms with Gasteiger partial charge in [-0.05, 0) is 31.5 Å². The van der Waals surface area contributed by atoms with Crippen molar-refractivity contribution in [2.45, 2.75) is 25.5 Å². The van der Waals surface area contributed by atoms with E-state index in [1.807, 2.05) is 6.07 Å². The molecule has 1 aromatic rings. The summed E-state index contributed by atoms with van der Waals surface area (Å²) in [5.41, 5.74) is 0.811. The Morgan fingerprint density at radius 3 is 3.06 bits per heavy atom. The van der Waals surface area contributed by atoms with Gasteiger partial charge < -0.3 is 9.84 Å². The lowest BCUT2D eigenvalue weighted by Gasteiger charge is -2.32. The summed E-state index contributed by atoms with van der Waals surface area (Å²) in [6.07, 6.45) is 2.54. The van der Waals surface area contributed by atoms with Gasteiger partial charge in [0.1, 0.15) is 5.75 Å². The first-order valence-electron chi connectivity index (χ1n) is 5.92. The van der Waals surface area contributed by atoms with Crippen LogP contribution in [0.5, 0.6) is 5.75 Å². The summed E-state index contributed by atoms with van der Waals surface area (Å²) in [5.74, 6) is 0.275. The predicted octanol–water partition coefficient (Wildman–Crippen LogP) is 2.66. The fourth-order valence-electron chi connectivity index (χ4n) is 2.28. The highest BCUT2D eigenvalue weighted by molar-refractivity contribution is 6.31. The van der Waals surface area contributed by atoms with Crippen molar-refractivity contribution in [1.29, 1.82) is 0 Å². The molecule has 1 atom stereocenters. The van der Waals surface area contributed by atoms with Crippen molar-refractivity contribution in [3.8, 4) is 5.75 Å². The summed E-state index contributed by atoms with van der Waals surface area (Å²) in [6.45, 7) is 2.62. The summed E-state index contributed by atoms with van der Waals surface area (Å²) < 4.78 is 5.38. The van der Waals surface area contributed by atoms with E-state index in [9.17, 15) is 5.11 Å². The highest BCUT2D eigenvalue weighted by Crippen LogP contribution is 2.27. The smallest absolute Gasteiger partial charge is 0.121 e. The van der Waals surface area contributed by atoms with Crippen molar-refractivity contribution in [2.75, 3.05) is 20.2 Å². The van der Waals surface area contributed by atoms with E-state index in [-0.39, 0.29) is 5.75 Å². The maximum Gasteiger partial charge on any atom is 0.121 e. The van der Waals surface area contributed by atoms with Crippen molar-refractivity contribution in [1.82, 2.24) is 4.90 Å². The average Bonchev–Trinajstić information content (AvgIpc) is 2.34. The first-order valence-corrected chi connectivity index (χ1v) is 6.30. The zero-order valence-corrected chi connectivity index (χ0v) is 10.8. The fourth-order valence-corrected chi connectivity index (χ4v) is 2.51. The number of hydrogen-bond acceptors (Lipinski definition) is 3. The maximum absolute atomic E-state index is 9.80. The highest BCUT2D eigenvalue weighted by atomic mass is 35.5.